The van der Waals surface area contributed by atoms with Gasteiger partial charge in [0.05, 0.1) is 17.2 Å². The van der Waals surface area contributed by atoms with Crippen LogP contribution >= 0.6 is 0 Å². The summed E-state index contributed by atoms with van der Waals surface area (Å²) in [5.41, 5.74) is -0.0300. The second kappa shape index (κ2) is 4.54. The molecular formula is C10H13N3O4. The molecule has 1 aliphatic carbocycles. The van der Waals surface area contributed by atoms with Gasteiger partial charge in [-0.15, -0.1) is 0 Å². The van der Waals surface area contributed by atoms with E-state index in [0.717, 1.165) is 19.0 Å². The number of aliphatic hydroxyl groups excluding tert-OH is 1. The SMILES string of the molecule is O=C(NCC(O)C1CC1)c1cc([N+](=O)[O-])c[nH]1. The van der Waals surface area contributed by atoms with Crippen molar-refractivity contribution in [3.05, 3.63) is 28.1 Å². The first-order chi connectivity index (χ1) is 8.08. The van der Waals surface area contributed by atoms with Crippen molar-refractivity contribution in [2.45, 2.75) is 18.9 Å². The average Bonchev–Trinajstić information content (AvgIpc) is 3.02. The van der Waals surface area contributed by atoms with Gasteiger partial charge in [-0.05, 0) is 18.8 Å². The number of aliphatic hydroxyl groups is 1. The molecule has 1 aromatic heterocycles. The molecular weight excluding hydrogens is 226 g/mol. The monoisotopic (exact) mass is 239 g/mol. The van der Waals surface area contributed by atoms with E-state index in [4.69, 9.17) is 0 Å². The van der Waals surface area contributed by atoms with Crippen LogP contribution in [-0.2, 0) is 0 Å². The van der Waals surface area contributed by atoms with Crippen LogP contribution in [0.5, 0.6) is 0 Å². The summed E-state index contributed by atoms with van der Waals surface area (Å²) in [7, 11) is 0. The summed E-state index contributed by atoms with van der Waals surface area (Å²) in [6.07, 6.45) is 2.62. The van der Waals surface area contributed by atoms with Crippen molar-refractivity contribution in [3.8, 4) is 0 Å². The lowest BCUT2D eigenvalue weighted by Crippen LogP contribution is -2.33. The number of aromatic amines is 1. The fraction of sp³-hybridized carbons (Fsp3) is 0.500. The predicted octanol–water partition coefficient (Wildman–Crippen LogP) is 0.424. The molecule has 1 amide bonds. The third kappa shape index (κ3) is 2.82. The lowest BCUT2D eigenvalue weighted by Gasteiger charge is -2.09. The van der Waals surface area contributed by atoms with Crippen LogP contribution in [0.3, 0.4) is 0 Å². The van der Waals surface area contributed by atoms with E-state index in [2.05, 4.69) is 10.3 Å². The highest BCUT2D eigenvalue weighted by Crippen LogP contribution is 2.32. The Balaban J connectivity index is 1.87. The van der Waals surface area contributed by atoms with Gasteiger partial charge in [-0.1, -0.05) is 0 Å². The van der Waals surface area contributed by atoms with E-state index >= 15 is 0 Å². The summed E-state index contributed by atoms with van der Waals surface area (Å²) < 4.78 is 0. The fourth-order valence-corrected chi connectivity index (χ4v) is 1.56. The molecule has 92 valence electrons. The zero-order chi connectivity index (χ0) is 12.4. The number of nitro groups is 1. The largest absolute Gasteiger partial charge is 0.391 e. The maximum atomic E-state index is 11.6. The van der Waals surface area contributed by atoms with E-state index in [0.29, 0.717) is 0 Å². The lowest BCUT2D eigenvalue weighted by atomic mass is 10.2. The Hall–Kier alpha value is -1.89. The van der Waals surface area contributed by atoms with E-state index in [-0.39, 0.29) is 23.8 Å². The van der Waals surface area contributed by atoms with E-state index in [1.54, 1.807) is 0 Å². The van der Waals surface area contributed by atoms with Crippen LogP contribution in [0.1, 0.15) is 23.3 Å². The van der Waals surface area contributed by atoms with Crippen molar-refractivity contribution < 1.29 is 14.8 Å². The minimum absolute atomic E-state index is 0.125. The van der Waals surface area contributed by atoms with Crippen molar-refractivity contribution >= 4 is 11.6 Å². The minimum atomic E-state index is -0.577. The molecule has 7 nitrogen and oxygen atoms in total. The third-order valence-electron chi connectivity index (χ3n) is 2.76. The minimum Gasteiger partial charge on any atom is -0.391 e. The zero-order valence-electron chi connectivity index (χ0n) is 9.05. The molecule has 0 aromatic carbocycles. The molecule has 1 unspecified atom stereocenters. The highest BCUT2D eigenvalue weighted by Gasteiger charge is 2.29. The Labute approximate surface area is 97.0 Å². The second-order valence-corrected chi connectivity index (χ2v) is 4.14. The van der Waals surface area contributed by atoms with Crippen molar-refractivity contribution in [1.82, 2.24) is 10.3 Å². The van der Waals surface area contributed by atoms with E-state index in [1.165, 1.54) is 6.07 Å². The number of nitrogens with zero attached hydrogens (tertiary/aromatic N) is 1. The van der Waals surface area contributed by atoms with Crippen LogP contribution in [0.15, 0.2) is 12.3 Å². The molecule has 0 saturated heterocycles. The maximum absolute atomic E-state index is 11.6. The van der Waals surface area contributed by atoms with Crippen molar-refractivity contribution in [2.24, 2.45) is 5.92 Å². The van der Waals surface area contributed by atoms with Gasteiger partial charge in [0.25, 0.3) is 11.6 Å². The molecule has 0 radical (unpaired) electrons. The van der Waals surface area contributed by atoms with E-state index in [9.17, 15) is 20.0 Å². The predicted molar refractivity (Wildman–Crippen MR) is 58.5 cm³/mol. The summed E-state index contributed by atoms with van der Waals surface area (Å²) in [6, 6.07) is 1.17. The number of carbonyl (C=O) groups excluding carboxylic acids is 1. The topological polar surface area (TPSA) is 108 Å². The number of nitrogens with one attached hydrogen (secondary N) is 2. The van der Waals surface area contributed by atoms with Gasteiger partial charge in [0.15, 0.2) is 0 Å². The van der Waals surface area contributed by atoms with Crippen LogP contribution in [0.4, 0.5) is 5.69 Å². The van der Waals surface area contributed by atoms with Crippen LogP contribution < -0.4 is 5.32 Å². The number of carbonyl (C=O) groups is 1. The molecule has 0 bridgehead atoms. The normalized spacial score (nSPS) is 16.5. The van der Waals surface area contributed by atoms with Crippen LogP contribution in [0, 0.1) is 16.0 Å². The van der Waals surface area contributed by atoms with Gasteiger partial charge in [0.1, 0.15) is 5.69 Å². The first kappa shape index (κ1) is 11.6. The smallest absolute Gasteiger partial charge is 0.287 e. The molecule has 1 fully saturated rings. The van der Waals surface area contributed by atoms with Crippen LogP contribution in [0.25, 0.3) is 0 Å². The highest BCUT2D eigenvalue weighted by atomic mass is 16.6. The molecule has 0 aliphatic heterocycles. The number of amides is 1. The van der Waals surface area contributed by atoms with Gasteiger partial charge in [-0.3, -0.25) is 14.9 Å². The third-order valence-corrected chi connectivity index (χ3v) is 2.76. The molecule has 2 rings (SSSR count). The number of aromatic nitrogens is 1. The van der Waals surface area contributed by atoms with E-state index in [1.807, 2.05) is 0 Å². The Kier molecular flexibility index (Phi) is 3.10. The molecule has 1 heterocycles. The quantitative estimate of drug-likeness (QED) is 0.511. The van der Waals surface area contributed by atoms with Gasteiger partial charge in [0, 0.05) is 12.6 Å². The summed E-state index contributed by atoms with van der Waals surface area (Å²) in [4.78, 5) is 23.9. The summed E-state index contributed by atoms with van der Waals surface area (Å²) in [5, 5.41) is 22.5. The first-order valence-corrected chi connectivity index (χ1v) is 5.37. The van der Waals surface area contributed by atoms with Crippen molar-refractivity contribution in [3.63, 3.8) is 0 Å². The van der Waals surface area contributed by atoms with Crippen molar-refractivity contribution in [2.75, 3.05) is 6.54 Å². The fourth-order valence-electron chi connectivity index (χ4n) is 1.56. The average molecular weight is 239 g/mol. The van der Waals surface area contributed by atoms with Gasteiger partial charge in [-0.2, -0.15) is 0 Å². The van der Waals surface area contributed by atoms with Gasteiger partial charge in [0.2, 0.25) is 0 Å². The summed E-state index contributed by atoms with van der Waals surface area (Å²) in [6.45, 7) is 0.177. The van der Waals surface area contributed by atoms with Crippen LogP contribution in [-0.4, -0.2) is 33.6 Å². The first-order valence-electron chi connectivity index (χ1n) is 5.37. The molecule has 1 atom stereocenters. The number of hydrogen-bond acceptors (Lipinski definition) is 4. The van der Waals surface area contributed by atoms with Gasteiger partial charge < -0.3 is 15.4 Å². The van der Waals surface area contributed by atoms with E-state index < -0.39 is 16.9 Å². The second-order valence-electron chi connectivity index (χ2n) is 4.14. The molecule has 3 N–H and O–H groups in total. The molecule has 17 heavy (non-hydrogen) atoms. The van der Waals surface area contributed by atoms with Crippen LogP contribution in [0.2, 0.25) is 0 Å². The number of H-pyrrole nitrogens is 1. The Morgan fingerprint density at radius 3 is 2.94 bits per heavy atom. The summed E-state index contributed by atoms with van der Waals surface area (Å²) in [5.74, 6) is -0.161. The molecule has 0 spiro atoms. The number of rotatable bonds is 5. The zero-order valence-corrected chi connectivity index (χ0v) is 9.05. The van der Waals surface area contributed by atoms with Gasteiger partial charge in [-0.25, -0.2) is 0 Å². The Bertz CT molecular complexity index is 439. The standard InChI is InChI=1S/C10H13N3O4/c14-9(6-1-2-6)5-12-10(15)8-3-7(4-11-8)13(16)17/h3-4,6,9,11,14H,1-2,5H2,(H,12,15). The molecule has 1 saturated carbocycles. The number of hydrogen-bond donors (Lipinski definition) is 3. The molecule has 1 aliphatic rings. The molecule has 1 aromatic rings. The Morgan fingerprint density at radius 1 is 1.71 bits per heavy atom. The lowest BCUT2D eigenvalue weighted by molar-refractivity contribution is -0.384. The maximum Gasteiger partial charge on any atom is 0.287 e. The summed E-state index contributed by atoms with van der Waals surface area (Å²) >= 11 is 0. The highest BCUT2D eigenvalue weighted by molar-refractivity contribution is 5.93. The van der Waals surface area contributed by atoms with Gasteiger partial charge >= 0.3 is 0 Å². The Morgan fingerprint density at radius 2 is 2.41 bits per heavy atom. The molecule has 7 heteroatoms. The van der Waals surface area contributed by atoms with Crippen molar-refractivity contribution in [1.29, 1.82) is 0 Å².